The Balaban J connectivity index is 1.69. The van der Waals surface area contributed by atoms with E-state index in [9.17, 15) is 9.18 Å². The smallest absolute Gasteiger partial charge is 0.243 e. The van der Waals surface area contributed by atoms with E-state index in [2.05, 4.69) is 15.6 Å². The molecule has 0 radical (unpaired) electrons. The zero-order chi connectivity index (χ0) is 21.3. The van der Waals surface area contributed by atoms with Crippen molar-refractivity contribution < 1.29 is 18.7 Å². The number of carbonyl (C=O) groups is 1. The summed E-state index contributed by atoms with van der Waals surface area (Å²) in [4.78, 5) is 17.8. The van der Waals surface area contributed by atoms with Gasteiger partial charge in [0.25, 0.3) is 0 Å². The Labute approximate surface area is 175 Å². The molecule has 2 N–H and O–H groups in total. The summed E-state index contributed by atoms with van der Waals surface area (Å²) in [5.74, 6) is 1.43. The minimum absolute atomic E-state index is 0.00736. The van der Waals surface area contributed by atoms with Crippen LogP contribution in [-0.4, -0.2) is 57.2 Å². The highest BCUT2D eigenvalue weighted by atomic mass is 19.1. The van der Waals surface area contributed by atoms with E-state index in [1.165, 1.54) is 11.0 Å². The number of nitrogens with one attached hydrogen (secondary N) is 2. The molecule has 0 spiro atoms. The van der Waals surface area contributed by atoms with Gasteiger partial charge in [-0.15, -0.1) is 0 Å². The number of guanidine groups is 1. The van der Waals surface area contributed by atoms with Crippen molar-refractivity contribution in [3.8, 4) is 11.5 Å². The van der Waals surface area contributed by atoms with E-state index in [1.54, 1.807) is 32.3 Å². The molecule has 1 amide bonds. The number of likely N-dealkylation sites (N-methyl/N-ethyl adjacent to an activating group) is 1. The van der Waals surface area contributed by atoms with Crippen molar-refractivity contribution in [2.45, 2.75) is 12.8 Å². The average molecular weight is 414 g/mol. The molecule has 0 bridgehead atoms. The second-order valence-corrected chi connectivity index (χ2v) is 7.06. The van der Waals surface area contributed by atoms with Gasteiger partial charge in [0.2, 0.25) is 5.91 Å². The molecule has 3 rings (SSSR count). The molecule has 2 aromatic rings. The predicted octanol–water partition coefficient (Wildman–Crippen LogP) is 2.68. The van der Waals surface area contributed by atoms with Crippen LogP contribution in [-0.2, 0) is 11.2 Å². The first kappa shape index (κ1) is 21.4. The highest BCUT2D eigenvalue weighted by Crippen LogP contribution is 2.32. The van der Waals surface area contributed by atoms with Crippen molar-refractivity contribution in [1.29, 1.82) is 0 Å². The summed E-state index contributed by atoms with van der Waals surface area (Å²) < 4.78 is 25.2. The Morgan fingerprint density at radius 1 is 1.13 bits per heavy atom. The summed E-state index contributed by atoms with van der Waals surface area (Å²) in [6.07, 6.45) is 1.31. The number of halogens is 1. The first-order chi connectivity index (χ1) is 14.5. The fourth-order valence-corrected chi connectivity index (χ4v) is 2.82. The molecule has 8 heteroatoms. The highest BCUT2D eigenvalue weighted by molar-refractivity contribution is 5.95. The lowest BCUT2D eigenvalue weighted by atomic mass is 10.1. The third-order valence-corrected chi connectivity index (χ3v) is 4.53. The molecule has 1 heterocycles. The van der Waals surface area contributed by atoms with Gasteiger partial charge in [-0.1, -0.05) is 18.2 Å². The summed E-state index contributed by atoms with van der Waals surface area (Å²) in [6, 6.07) is 12.2. The standard InChI is InChI=1S/C22H27FN4O3/c1-27(2)21(28)15-25-22(24-11-10-16-6-3-4-7-18(16)23)26-17-8-9-19-20(14-17)30-13-5-12-29-19/h3-4,6-9,14H,5,10-13,15H2,1-2H3,(H2,24,25,26). The second kappa shape index (κ2) is 10.5. The van der Waals surface area contributed by atoms with Crippen molar-refractivity contribution in [1.82, 2.24) is 10.2 Å². The van der Waals surface area contributed by atoms with Gasteiger partial charge >= 0.3 is 0 Å². The Hall–Kier alpha value is -3.29. The van der Waals surface area contributed by atoms with Gasteiger partial charge in [0, 0.05) is 38.8 Å². The number of nitrogens with zero attached hydrogens (tertiary/aromatic N) is 2. The van der Waals surface area contributed by atoms with Crippen LogP contribution in [0, 0.1) is 5.82 Å². The maximum Gasteiger partial charge on any atom is 0.243 e. The number of hydrogen-bond acceptors (Lipinski definition) is 4. The number of rotatable bonds is 6. The van der Waals surface area contributed by atoms with Gasteiger partial charge in [0.1, 0.15) is 12.4 Å². The van der Waals surface area contributed by atoms with Gasteiger partial charge in [0.15, 0.2) is 17.5 Å². The Kier molecular flexibility index (Phi) is 7.48. The van der Waals surface area contributed by atoms with Crippen LogP contribution in [0.2, 0.25) is 0 Å². The zero-order valence-electron chi connectivity index (χ0n) is 17.3. The van der Waals surface area contributed by atoms with E-state index in [1.807, 2.05) is 18.2 Å². The molecule has 0 atom stereocenters. The molecule has 7 nitrogen and oxygen atoms in total. The van der Waals surface area contributed by atoms with Crippen LogP contribution in [0.4, 0.5) is 10.1 Å². The lowest BCUT2D eigenvalue weighted by Gasteiger charge is -2.15. The van der Waals surface area contributed by atoms with Gasteiger partial charge in [-0.3, -0.25) is 4.79 Å². The molecular weight excluding hydrogens is 387 g/mol. The first-order valence-electron chi connectivity index (χ1n) is 9.91. The van der Waals surface area contributed by atoms with Crippen molar-refractivity contribution in [3.63, 3.8) is 0 Å². The average Bonchev–Trinajstić information content (AvgIpc) is 2.98. The monoisotopic (exact) mass is 414 g/mol. The molecule has 0 saturated heterocycles. The molecule has 160 valence electrons. The van der Waals surface area contributed by atoms with Crippen molar-refractivity contribution in [2.24, 2.45) is 4.99 Å². The summed E-state index contributed by atoms with van der Waals surface area (Å²) >= 11 is 0. The SMILES string of the molecule is CN(C)C(=O)CN=C(NCCc1ccccc1F)Nc1ccc2c(c1)OCCCO2. The number of amides is 1. The number of benzene rings is 2. The fraction of sp³-hybridized carbons (Fsp3) is 0.364. The van der Waals surface area contributed by atoms with Crippen LogP contribution >= 0.6 is 0 Å². The van der Waals surface area contributed by atoms with Gasteiger partial charge in [-0.2, -0.15) is 0 Å². The van der Waals surface area contributed by atoms with E-state index in [0.717, 1.165) is 12.1 Å². The van der Waals surface area contributed by atoms with E-state index < -0.39 is 0 Å². The Morgan fingerprint density at radius 2 is 1.90 bits per heavy atom. The molecule has 0 aliphatic carbocycles. The van der Waals surface area contributed by atoms with Crippen LogP contribution in [0.25, 0.3) is 0 Å². The van der Waals surface area contributed by atoms with Crippen LogP contribution in [0.15, 0.2) is 47.5 Å². The quantitative estimate of drug-likeness (QED) is 0.562. The van der Waals surface area contributed by atoms with Crippen LogP contribution in [0.1, 0.15) is 12.0 Å². The molecule has 0 aromatic heterocycles. The third kappa shape index (κ3) is 6.10. The van der Waals surface area contributed by atoms with E-state index in [-0.39, 0.29) is 18.3 Å². The number of ether oxygens (including phenoxy) is 2. The zero-order valence-corrected chi connectivity index (χ0v) is 17.3. The van der Waals surface area contributed by atoms with Gasteiger partial charge in [-0.25, -0.2) is 9.38 Å². The van der Waals surface area contributed by atoms with Gasteiger partial charge in [-0.05, 0) is 30.2 Å². The molecular formula is C22H27FN4O3. The molecule has 30 heavy (non-hydrogen) atoms. The molecule has 1 aliphatic rings. The van der Waals surface area contributed by atoms with E-state index >= 15 is 0 Å². The number of hydrogen-bond donors (Lipinski definition) is 2. The van der Waals surface area contributed by atoms with Crippen LogP contribution in [0.5, 0.6) is 11.5 Å². The molecule has 0 fully saturated rings. The number of aliphatic imine (C=N–C) groups is 1. The largest absolute Gasteiger partial charge is 0.490 e. The summed E-state index contributed by atoms with van der Waals surface area (Å²) in [7, 11) is 3.36. The fourth-order valence-electron chi connectivity index (χ4n) is 2.82. The van der Waals surface area contributed by atoms with Crippen LogP contribution in [0.3, 0.4) is 0 Å². The molecule has 1 aliphatic heterocycles. The summed E-state index contributed by atoms with van der Waals surface area (Å²) in [5, 5.41) is 6.34. The Bertz CT molecular complexity index is 902. The minimum Gasteiger partial charge on any atom is -0.490 e. The van der Waals surface area contributed by atoms with E-state index in [0.29, 0.717) is 49.2 Å². The van der Waals surface area contributed by atoms with Gasteiger partial charge in [0.05, 0.1) is 13.2 Å². The topological polar surface area (TPSA) is 75.2 Å². The molecule has 2 aromatic carbocycles. The van der Waals surface area contributed by atoms with Gasteiger partial charge < -0.3 is 25.0 Å². The van der Waals surface area contributed by atoms with Crippen molar-refractivity contribution in [3.05, 3.63) is 53.8 Å². The highest BCUT2D eigenvalue weighted by Gasteiger charge is 2.12. The van der Waals surface area contributed by atoms with Crippen molar-refractivity contribution in [2.75, 3.05) is 45.7 Å². The van der Waals surface area contributed by atoms with E-state index in [4.69, 9.17) is 9.47 Å². The number of anilines is 1. The lowest BCUT2D eigenvalue weighted by molar-refractivity contribution is -0.127. The predicted molar refractivity (Wildman–Crippen MR) is 115 cm³/mol. The second-order valence-electron chi connectivity index (χ2n) is 7.06. The summed E-state index contributed by atoms with van der Waals surface area (Å²) in [5.41, 5.74) is 1.36. The third-order valence-electron chi connectivity index (χ3n) is 4.53. The Morgan fingerprint density at radius 3 is 2.67 bits per heavy atom. The first-order valence-corrected chi connectivity index (χ1v) is 9.91. The maximum atomic E-state index is 13.8. The number of fused-ring (bicyclic) bond motifs is 1. The normalized spacial score (nSPS) is 13.4. The lowest BCUT2D eigenvalue weighted by Crippen LogP contribution is -2.34. The van der Waals surface area contributed by atoms with Crippen molar-refractivity contribution >= 4 is 17.6 Å². The molecule has 0 saturated carbocycles. The van der Waals surface area contributed by atoms with Crippen LogP contribution < -0.4 is 20.1 Å². The molecule has 0 unspecified atom stereocenters. The maximum absolute atomic E-state index is 13.8. The number of carbonyl (C=O) groups excluding carboxylic acids is 1. The summed E-state index contributed by atoms with van der Waals surface area (Å²) in [6.45, 7) is 1.66. The minimum atomic E-state index is -0.239.